The van der Waals surface area contributed by atoms with Crippen LogP contribution in [0, 0.1) is 0 Å². The third kappa shape index (κ3) is 2.90. The second-order valence-corrected chi connectivity index (χ2v) is 6.86. The third-order valence-electron chi connectivity index (χ3n) is 4.71. The summed E-state index contributed by atoms with van der Waals surface area (Å²) in [7, 11) is 0. The van der Waals surface area contributed by atoms with Crippen LogP contribution in [0.4, 0.5) is 0 Å². The van der Waals surface area contributed by atoms with E-state index in [1.165, 1.54) is 5.39 Å². The van der Waals surface area contributed by atoms with Crippen LogP contribution in [0.5, 0.6) is 0 Å². The lowest BCUT2D eigenvalue weighted by Gasteiger charge is -2.35. The fourth-order valence-electron chi connectivity index (χ4n) is 3.56. The molecule has 3 nitrogen and oxygen atoms in total. The molecule has 130 valence electrons. The molecular formula is C23H21NO2. The molecule has 1 aliphatic heterocycles. The zero-order valence-electron chi connectivity index (χ0n) is 14.9. The molecule has 0 unspecified atom stereocenters. The van der Waals surface area contributed by atoms with Crippen molar-refractivity contribution in [1.29, 1.82) is 0 Å². The summed E-state index contributed by atoms with van der Waals surface area (Å²) >= 11 is 0. The lowest BCUT2D eigenvalue weighted by atomic mass is 9.77. The van der Waals surface area contributed by atoms with E-state index in [0.717, 1.165) is 22.2 Å². The van der Waals surface area contributed by atoms with Gasteiger partial charge in [0, 0.05) is 0 Å². The van der Waals surface area contributed by atoms with E-state index in [1.807, 2.05) is 62.4 Å². The molecule has 0 radical (unpaired) electrons. The Labute approximate surface area is 153 Å². The molecule has 0 aliphatic carbocycles. The van der Waals surface area contributed by atoms with Gasteiger partial charge in [0.25, 0.3) is 0 Å². The van der Waals surface area contributed by atoms with Crippen LogP contribution in [-0.4, -0.2) is 23.8 Å². The summed E-state index contributed by atoms with van der Waals surface area (Å²) in [5.74, 6) is -0.340. The number of benzene rings is 3. The number of hydrogen-bond acceptors (Lipinski definition) is 3. The van der Waals surface area contributed by atoms with Crippen molar-refractivity contribution >= 4 is 22.5 Å². The number of aliphatic imine (C=N–C) groups is 1. The molecule has 0 amide bonds. The predicted molar refractivity (Wildman–Crippen MR) is 105 cm³/mol. The maximum Gasteiger partial charge on any atom is 0.332 e. The molecule has 3 heteroatoms. The molecule has 26 heavy (non-hydrogen) atoms. The van der Waals surface area contributed by atoms with Crippen LogP contribution in [0.3, 0.4) is 0 Å². The minimum absolute atomic E-state index is 0.0882. The highest BCUT2D eigenvalue weighted by atomic mass is 16.5. The fraction of sp³-hybridized carbons (Fsp3) is 0.217. The van der Waals surface area contributed by atoms with Gasteiger partial charge in [-0.05, 0) is 35.7 Å². The molecule has 0 bridgehead atoms. The van der Waals surface area contributed by atoms with Crippen molar-refractivity contribution < 1.29 is 9.53 Å². The van der Waals surface area contributed by atoms with Gasteiger partial charge in [-0.3, -0.25) is 4.99 Å². The maximum atomic E-state index is 12.6. The highest BCUT2D eigenvalue weighted by Gasteiger charge is 2.43. The van der Waals surface area contributed by atoms with Crippen molar-refractivity contribution in [1.82, 2.24) is 0 Å². The molecule has 0 saturated heterocycles. The van der Waals surface area contributed by atoms with Gasteiger partial charge in [-0.2, -0.15) is 0 Å². The maximum absolute atomic E-state index is 12.6. The second-order valence-electron chi connectivity index (χ2n) is 6.86. The van der Waals surface area contributed by atoms with Gasteiger partial charge in [-0.15, -0.1) is 0 Å². The minimum Gasteiger partial charge on any atom is -0.461 e. The number of carbonyl (C=O) groups is 1. The lowest BCUT2D eigenvalue weighted by molar-refractivity contribution is -0.149. The first-order valence-corrected chi connectivity index (χ1v) is 8.96. The Kier molecular flexibility index (Phi) is 4.29. The van der Waals surface area contributed by atoms with Crippen LogP contribution >= 0.6 is 0 Å². The van der Waals surface area contributed by atoms with E-state index in [1.54, 1.807) is 0 Å². The summed E-state index contributed by atoms with van der Waals surface area (Å²) in [5, 5.41) is 2.32. The van der Waals surface area contributed by atoms with Crippen LogP contribution in [0.25, 0.3) is 10.8 Å². The van der Waals surface area contributed by atoms with Crippen LogP contribution < -0.4 is 0 Å². The van der Waals surface area contributed by atoms with Gasteiger partial charge in [0.1, 0.15) is 0 Å². The van der Waals surface area contributed by atoms with Crippen molar-refractivity contribution in [3.05, 3.63) is 83.9 Å². The average molecular weight is 343 g/mol. The summed E-state index contributed by atoms with van der Waals surface area (Å²) in [5.41, 5.74) is 3.13. The van der Waals surface area contributed by atoms with Gasteiger partial charge >= 0.3 is 5.97 Å². The van der Waals surface area contributed by atoms with E-state index in [2.05, 4.69) is 29.3 Å². The smallest absolute Gasteiger partial charge is 0.332 e. The third-order valence-corrected chi connectivity index (χ3v) is 4.71. The average Bonchev–Trinajstić information content (AvgIpc) is 2.61. The summed E-state index contributed by atoms with van der Waals surface area (Å²) < 4.78 is 5.46. The van der Waals surface area contributed by atoms with Crippen molar-refractivity contribution in [3.63, 3.8) is 0 Å². The highest BCUT2D eigenvalue weighted by Crippen LogP contribution is 2.39. The molecule has 0 spiro atoms. The summed E-state index contributed by atoms with van der Waals surface area (Å²) in [6.45, 7) is 3.73. The van der Waals surface area contributed by atoms with E-state index in [-0.39, 0.29) is 18.0 Å². The van der Waals surface area contributed by atoms with Crippen LogP contribution in [0.15, 0.2) is 77.8 Å². The van der Waals surface area contributed by atoms with E-state index in [9.17, 15) is 4.79 Å². The quantitative estimate of drug-likeness (QED) is 0.641. The Bertz CT molecular complexity index is 970. The molecule has 0 saturated carbocycles. The molecule has 0 N–H and O–H groups in total. The van der Waals surface area contributed by atoms with Crippen LogP contribution in [-0.2, 0) is 9.53 Å². The Hall–Kier alpha value is -2.94. The van der Waals surface area contributed by atoms with Gasteiger partial charge < -0.3 is 4.74 Å². The SMILES string of the molecule is CC(C)OC(=O)[C@@H]1N=C(c2ccccc2)[C@@H]1c1cccc2ccccc12. The molecule has 0 fully saturated rings. The highest BCUT2D eigenvalue weighted by molar-refractivity contribution is 6.14. The minimum atomic E-state index is -0.488. The number of fused-ring (bicyclic) bond motifs is 1. The zero-order chi connectivity index (χ0) is 18.1. The molecule has 4 rings (SSSR count). The van der Waals surface area contributed by atoms with Crippen molar-refractivity contribution in [3.8, 4) is 0 Å². The molecule has 0 aromatic heterocycles. The number of carbonyl (C=O) groups excluding carboxylic acids is 1. The van der Waals surface area contributed by atoms with Crippen molar-refractivity contribution in [2.75, 3.05) is 0 Å². The van der Waals surface area contributed by atoms with Crippen molar-refractivity contribution in [2.45, 2.75) is 31.9 Å². The van der Waals surface area contributed by atoms with Gasteiger partial charge in [0.05, 0.1) is 17.7 Å². The number of nitrogens with zero attached hydrogens (tertiary/aromatic N) is 1. The Morgan fingerprint density at radius 3 is 2.38 bits per heavy atom. The first-order valence-electron chi connectivity index (χ1n) is 8.96. The number of ether oxygens (including phenoxy) is 1. The zero-order valence-corrected chi connectivity index (χ0v) is 14.9. The summed E-state index contributed by atoms with van der Waals surface area (Å²) in [6, 6.07) is 24.1. The van der Waals surface area contributed by atoms with Crippen molar-refractivity contribution in [2.24, 2.45) is 4.99 Å². The van der Waals surface area contributed by atoms with E-state index in [0.29, 0.717) is 0 Å². The number of esters is 1. The first-order chi connectivity index (χ1) is 12.6. The number of rotatable bonds is 4. The van der Waals surface area contributed by atoms with Gasteiger partial charge in [-0.25, -0.2) is 4.79 Å². The van der Waals surface area contributed by atoms with E-state index >= 15 is 0 Å². The Morgan fingerprint density at radius 1 is 0.923 bits per heavy atom. The van der Waals surface area contributed by atoms with Gasteiger partial charge in [-0.1, -0.05) is 72.8 Å². The van der Waals surface area contributed by atoms with E-state index < -0.39 is 6.04 Å². The van der Waals surface area contributed by atoms with Gasteiger partial charge in [0.2, 0.25) is 0 Å². The Balaban J connectivity index is 1.81. The molecule has 3 aromatic carbocycles. The van der Waals surface area contributed by atoms with E-state index in [4.69, 9.17) is 4.74 Å². The van der Waals surface area contributed by atoms with Gasteiger partial charge in [0.15, 0.2) is 6.04 Å². The largest absolute Gasteiger partial charge is 0.461 e. The molecule has 2 atom stereocenters. The standard InChI is InChI=1S/C23H21NO2/c1-15(2)26-23(25)22-20(21(24-22)17-10-4-3-5-11-17)19-14-8-12-16-9-6-7-13-18(16)19/h3-15,20,22H,1-2H3/t20-,22+/m0/s1. The molecule has 1 heterocycles. The molecule has 3 aromatic rings. The fourth-order valence-corrected chi connectivity index (χ4v) is 3.56. The first kappa shape index (κ1) is 16.5. The van der Waals surface area contributed by atoms with Crippen LogP contribution in [0.1, 0.15) is 30.9 Å². The predicted octanol–water partition coefficient (Wildman–Crippen LogP) is 4.75. The summed E-state index contributed by atoms with van der Waals surface area (Å²) in [4.78, 5) is 17.3. The normalized spacial score (nSPS) is 19.1. The molecular weight excluding hydrogens is 322 g/mol. The summed E-state index contributed by atoms with van der Waals surface area (Å²) in [6.07, 6.45) is -0.147. The monoisotopic (exact) mass is 343 g/mol. The lowest BCUT2D eigenvalue weighted by Crippen LogP contribution is -2.43. The van der Waals surface area contributed by atoms with Crippen LogP contribution in [0.2, 0.25) is 0 Å². The Morgan fingerprint density at radius 2 is 1.62 bits per heavy atom. The molecule has 1 aliphatic rings. The second kappa shape index (κ2) is 6.75. The topological polar surface area (TPSA) is 38.7 Å². The number of hydrogen-bond donors (Lipinski definition) is 0.